The molecule has 2 aromatic heterocycles. The summed E-state index contributed by atoms with van der Waals surface area (Å²) >= 11 is 0. The third-order valence-corrected chi connectivity index (χ3v) is 3.53. The van der Waals surface area contributed by atoms with Crippen molar-refractivity contribution in [2.45, 2.75) is 6.42 Å². The second kappa shape index (κ2) is 6.48. The molecule has 2 heterocycles. The number of fused-ring (bicyclic) bond motifs is 1. The number of amides is 1. The molecular formula is C17H16FN3O2. The zero-order chi connectivity index (χ0) is 16.2. The highest BCUT2D eigenvalue weighted by atomic mass is 19.1. The Bertz CT molecular complexity index is 850. The molecule has 3 aromatic rings. The van der Waals surface area contributed by atoms with Gasteiger partial charge in [-0.3, -0.25) is 4.79 Å². The first-order chi connectivity index (χ1) is 11.1. The van der Waals surface area contributed by atoms with Gasteiger partial charge in [-0.1, -0.05) is 0 Å². The van der Waals surface area contributed by atoms with Crippen LogP contribution >= 0.6 is 0 Å². The summed E-state index contributed by atoms with van der Waals surface area (Å²) in [5.74, 6) is 0.906. The summed E-state index contributed by atoms with van der Waals surface area (Å²) in [7, 11) is 1.88. The molecule has 5 nitrogen and oxygen atoms in total. The minimum Gasteiger partial charge on any atom is -0.465 e. The van der Waals surface area contributed by atoms with Gasteiger partial charge in [-0.2, -0.15) is 0 Å². The molecular weight excluding hydrogens is 297 g/mol. The fourth-order valence-electron chi connectivity index (χ4n) is 2.35. The van der Waals surface area contributed by atoms with Crippen LogP contribution in [-0.2, 0) is 18.3 Å². The Morgan fingerprint density at radius 3 is 3.09 bits per heavy atom. The number of carbonyl (C=O) groups is 1. The number of hydrogen-bond acceptors (Lipinski definition) is 3. The van der Waals surface area contributed by atoms with E-state index < -0.39 is 0 Å². The number of hydrogen-bond donors (Lipinski definition) is 1. The van der Waals surface area contributed by atoms with E-state index in [0.29, 0.717) is 24.2 Å². The van der Waals surface area contributed by atoms with Crippen LogP contribution in [0.15, 0.2) is 47.1 Å². The lowest BCUT2D eigenvalue weighted by Gasteiger charge is -2.03. The first-order valence-corrected chi connectivity index (χ1v) is 7.24. The fraction of sp³-hybridized carbons (Fsp3) is 0.176. The maximum atomic E-state index is 13.2. The molecule has 118 valence electrons. The van der Waals surface area contributed by atoms with Gasteiger partial charge in [0.2, 0.25) is 5.91 Å². The van der Waals surface area contributed by atoms with Crippen LogP contribution in [0.25, 0.3) is 17.1 Å². The molecule has 0 unspecified atom stereocenters. The maximum Gasteiger partial charge on any atom is 0.244 e. The van der Waals surface area contributed by atoms with Crippen LogP contribution < -0.4 is 5.32 Å². The van der Waals surface area contributed by atoms with Gasteiger partial charge < -0.3 is 14.3 Å². The van der Waals surface area contributed by atoms with Crippen LogP contribution in [0.5, 0.6) is 0 Å². The number of aromatic nitrogens is 2. The zero-order valence-corrected chi connectivity index (χ0v) is 12.6. The summed E-state index contributed by atoms with van der Waals surface area (Å²) < 4.78 is 20.2. The second-order valence-electron chi connectivity index (χ2n) is 5.11. The molecule has 0 aliphatic carbocycles. The molecule has 0 bridgehead atoms. The molecule has 23 heavy (non-hydrogen) atoms. The SMILES string of the molecule is Cn1c(CCNC(=O)/C=C/c2ccco2)nc2cc(F)ccc21. The first kappa shape index (κ1) is 15.0. The van der Waals surface area contributed by atoms with Crippen molar-refractivity contribution in [2.75, 3.05) is 6.54 Å². The van der Waals surface area contributed by atoms with E-state index in [0.717, 1.165) is 11.3 Å². The number of rotatable bonds is 5. The van der Waals surface area contributed by atoms with Crippen LogP contribution in [-0.4, -0.2) is 22.0 Å². The van der Waals surface area contributed by atoms with Gasteiger partial charge >= 0.3 is 0 Å². The van der Waals surface area contributed by atoms with E-state index in [1.54, 1.807) is 30.5 Å². The molecule has 0 saturated heterocycles. The molecule has 6 heteroatoms. The van der Waals surface area contributed by atoms with E-state index in [2.05, 4.69) is 10.3 Å². The molecule has 0 spiro atoms. The van der Waals surface area contributed by atoms with E-state index in [1.165, 1.54) is 18.2 Å². The van der Waals surface area contributed by atoms with Gasteiger partial charge in [-0.25, -0.2) is 9.37 Å². The van der Waals surface area contributed by atoms with Crippen molar-refractivity contribution in [3.63, 3.8) is 0 Å². The Hall–Kier alpha value is -2.89. The first-order valence-electron chi connectivity index (χ1n) is 7.24. The van der Waals surface area contributed by atoms with Crippen LogP contribution in [0, 0.1) is 5.82 Å². The fourth-order valence-corrected chi connectivity index (χ4v) is 2.35. The molecule has 0 radical (unpaired) electrons. The van der Waals surface area contributed by atoms with Crippen molar-refractivity contribution >= 4 is 23.0 Å². The summed E-state index contributed by atoms with van der Waals surface area (Å²) in [6.45, 7) is 0.445. The Morgan fingerprint density at radius 1 is 1.43 bits per heavy atom. The Balaban J connectivity index is 1.58. The zero-order valence-electron chi connectivity index (χ0n) is 12.6. The summed E-state index contributed by atoms with van der Waals surface area (Å²) in [6.07, 6.45) is 5.13. The lowest BCUT2D eigenvalue weighted by atomic mass is 10.3. The van der Waals surface area contributed by atoms with Crippen molar-refractivity contribution in [1.29, 1.82) is 0 Å². The predicted octanol–water partition coefficient (Wildman–Crippen LogP) is 2.68. The van der Waals surface area contributed by atoms with E-state index >= 15 is 0 Å². The maximum absolute atomic E-state index is 13.2. The number of carbonyl (C=O) groups excluding carboxylic acids is 1. The van der Waals surface area contributed by atoms with Crippen molar-refractivity contribution < 1.29 is 13.6 Å². The number of imidazole rings is 1. The van der Waals surface area contributed by atoms with Gasteiger partial charge in [0.1, 0.15) is 17.4 Å². The van der Waals surface area contributed by atoms with Crippen molar-refractivity contribution in [3.05, 3.63) is 60.1 Å². The van der Waals surface area contributed by atoms with E-state index in [-0.39, 0.29) is 11.7 Å². The third kappa shape index (κ3) is 3.48. The van der Waals surface area contributed by atoms with Gasteiger partial charge in [0.25, 0.3) is 0 Å². The topological polar surface area (TPSA) is 60.1 Å². The number of halogens is 1. The summed E-state index contributed by atoms with van der Waals surface area (Å²) in [5, 5.41) is 2.78. The molecule has 3 rings (SSSR count). The van der Waals surface area contributed by atoms with Crippen LogP contribution in [0.3, 0.4) is 0 Å². The van der Waals surface area contributed by atoms with Gasteiger partial charge in [0, 0.05) is 32.2 Å². The quantitative estimate of drug-likeness (QED) is 0.737. The predicted molar refractivity (Wildman–Crippen MR) is 85.1 cm³/mol. The average molecular weight is 313 g/mol. The van der Waals surface area contributed by atoms with E-state index in [1.807, 2.05) is 11.6 Å². The summed E-state index contributed by atoms with van der Waals surface area (Å²) in [5.41, 5.74) is 1.48. The number of nitrogens with zero attached hydrogens (tertiary/aromatic N) is 2. The number of furan rings is 1. The molecule has 0 aliphatic heterocycles. The molecule has 1 amide bonds. The highest BCUT2D eigenvalue weighted by Gasteiger charge is 2.08. The molecule has 0 aliphatic rings. The third-order valence-electron chi connectivity index (χ3n) is 3.53. The van der Waals surface area contributed by atoms with E-state index in [9.17, 15) is 9.18 Å². The molecule has 1 N–H and O–H groups in total. The Labute approximate surface area is 132 Å². The molecule has 0 fully saturated rings. The van der Waals surface area contributed by atoms with E-state index in [4.69, 9.17) is 4.42 Å². The summed E-state index contributed by atoms with van der Waals surface area (Å²) in [4.78, 5) is 16.1. The molecule has 0 atom stereocenters. The number of aryl methyl sites for hydroxylation is 1. The highest BCUT2D eigenvalue weighted by Crippen LogP contribution is 2.16. The van der Waals surface area contributed by atoms with Crippen molar-refractivity contribution in [2.24, 2.45) is 7.05 Å². The average Bonchev–Trinajstić information content (AvgIpc) is 3.14. The van der Waals surface area contributed by atoms with Gasteiger partial charge in [0.15, 0.2) is 0 Å². The van der Waals surface area contributed by atoms with Gasteiger partial charge in [-0.05, 0) is 30.3 Å². The Morgan fingerprint density at radius 2 is 2.30 bits per heavy atom. The minimum absolute atomic E-state index is 0.203. The lowest BCUT2D eigenvalue weighted by molar-refractivity contribution is -0.116. The number of nitrogens with one attached hydrogen (secondary N) is 1. The molecule has 0 saturated carbocycles. The van der Waals surface area contributed by atoms with Gasteiger partial charge in [0.05, 0.1) is 17.3 Å². The van der Waals surface area contributed by atoms with Crippen molar-refractivity contribution in [1.82, 2.24) is 14.9 Å². The normalized spacial score (nSPS) is 11.4. The number of benzene rings is 1. The van der Waals surface area contributed by atoms with Crippen LogP contribution in [0.1, 0.15) is 11.6 Å². The summed E-state index contributed by atoms with van der Waals surface area (Å²) in [6, 6.07) is 8.04. The highest BCUT2D eigenvalue weighted by molar-refractivity contribution is 5.91. The molecule has 1 aromatic carbocycles. The lowest BCUT2D eigenvalue weighted by Crippen LogP contribution is -2.24. The monoisotopic (exact) mass is 313 g/mol. The van der Waals surface area contributed by atoms with Crippen LogP contribution in [0.2, 0.25) is 0 Å². The smallest absolute Gasteiger partial charge is 0.244 e. The van der Waals surface area contributed by atoms with Gasteiger partial charge in [-0.15, -0.1) is 0 Å². The van der Waals surface area contributed by atoms with Crippen LogP contribution in [0.4, 0.5) is 4.39 Å². The standard InChI is InChI=1S/C17H16FN3O2/c1-21-15-6-4-12(18)11-14(15)20-16(21)8-9-19-17(22)7-5-13-3-2-10-23-13/h2-7,10-11H,8-9H2,1H3,(H,19,22)/b7-5+. The van der Waals surface area contributed by atoms with Crippen molar-refractivity contribution in [3.8, 4) is 0 Å². The minimum atomic E-state index is -0.307. The largest absolute Gasteiger partial charge is 0.465 e. The second-order valence-corrected chi connectivity index (χ2v) is 5.11. The Kier molecular flexibility index (Phi) is 4.23.